The largest absolute Gasteiger partial charge is 0.477 e. The molecule has 0 atom stereocenters. The SMILES string of the molecule is CCOc1cncc(C)n1. The summed E-state index contributed by atoms with van der Waals surface area (Å²) in [7, 11) is 0. The number of hydrogen-bond acceptors (Lipinski definition) is 3. The first kappa shape index (κ1) is 6.99. The van der Waals surface area contributed by atoms with Crippen molar-refractivity contribution in [2.24, 2.45) is 0 Å². The van der Waals surface area contributed by atoms with Gasteiger partial charge in [-0.05, 0) is 13.8 Å². The Balaban J connectivity index is 2.75. The Hall–Kier alpha value is -1.12. The van der Waals surface area contributed by atoms with Crippen LogP contribution in [0.4, 0.5) is 0 Å². The summed E-state index contributed by atoms with van der Waals surface area (Å²) in [5.74, 6) is 0.600. The Labute approximate surface area is 60.1 Å². The molecular formula is C7H10N2O. The van der Waals surface area contributed by atoms with Crippen molar-refractivity contribution in [2.75, 3.05) is 6.61 Å². The van der Waals surface area contributed by atoms with Gasteiger partial charge in [-0.15, -0.1) is 0 Å². The molecule has 0 aromatic carbocycles. The van der Waals surface area contributed by atoms with Crippen LogP contribution in [0.3, 0.4) is 0 Å². The third-order valence-electron chi connectivity index (χ3n) is 1.03. The van der Waals surface area contributed by atoms with Gasteiger partial charge in [0.2, 0.25) is 5.88 Å². The zero-order valence-corrected chi connectivity index (χ0v) is 6.16. The quantitative estimate of drug-likeness (QED) is 0.615. The zero-order chi connectivity index (χ0) is 7.40. The van der Waals surface area contributed by atoms with Gasteiger partial charge in [0.05, 0.1) is 18.5 Å². The van der Waals surface area contributed by atoms with E-state index in [0.29, 0.717) is 12.5 Å². The van der Waals surface area contributed by atoms with E-state index in [0.717, 1.165) is 5.69 Å². The summed E-state index contributed by atoms with van der Waals surface area (Å²) in [6.45, 7) is 4.44. The van der Waals surface area contributed by atoms with E-state index >= 15 is 0 Å². The number of ether oxygens (including phenoxy) is 1. The number of rotatable bonds is 2. The lowest BCUT2D eigenvalue weighted by atomic mass is 10.5. The summed E-state index contributed by atoms with van der Waals surface area (Å²) in [5, 5.41) is 0. The smallest absolute Gasteiger partial charge is 0.232 e. The van der Waals surface area contributed by atoms with E-state index in [2.05, 4.69) is 9.97 Å². The van der Waals surface area contributed by atoms with Crippen molar-refractivity contribution >= 4 is 0 Å². The standard InChI is InChI=1S/C7H10N2O/c1-3-10-7-5-8-4-6(2)9-7/h4-5H,3H2,1-2H3. The van der Waals surface area contributed by atoms with Gasteiger partial charge in [-0.1, -0.05) is 0 Å². The van der Waals surface area contributed by atoms with Crippen molar-refractivity contribution in [3.63, 3.8) is 0 Å². The molecule has 1 aromatic heterocycles. The fourth-order valence-electron chi connectivity index (χ4n) is 0.658. The van der Waals surface area contributed by atoms with E-state index < -0.39 is 0 Å². The van der Waals surface area contributed by atoms with E-state index in [1.165, 1.54) is 0 Å². The molecule has 0 N–H and O–H groups in total. The van der Waals surface area contributed by atoms with Gasteiger partial charge in [0, 0.05) is 6.20 Å². The van der Waals surface area contributed by atoms with Crippen LogP contribution in [0.1, 0.15) is 12.6 Å². The molecule has 0 unspecified atom stereocenters. The van der Waals surface area contributed by atoms with Crippen LogP contribution >= 0.6 is 0 Å². The minimum Gasteiger partial charge on any atom is -0.477 e. The molecule has 3 nitrogen and oxygen atoms in total. The molecule has 54 valence electrons. The summed E-state index contributed by atoms with van der Waals surface area (Å²) in [4.78, 5) is 7.99. The minimum absolute atomic E-state index is 0.600. The maximum atomic E-state index is 5.11. The highest BCUT2D eigenvalue weighted by Gasteiger charge is 1.91. The molecule has 1 rings (SSSR count). The summed E-state index contributed by atoms with van der Waals surface area (Å²) in [6, 6.07) is 0. The van der Waals surface area contributed by atoms with Gasteiger partial charge in [0.15, 0.2) is 0 Å². The lowest BCUT2D eigenvalue weighted by Gasteiger charge is -1.99. The van der Waals surface area contributed by atoms with Crippen LogP contribution in [0, 0.1) is 6.92 Å². The van der Waals surface area contributed by atoms with E-state index in [1.807, 2.05) is 13.8 Å². The van der Waals surface area contributed by atoms with Crippen molar-refractivity contribution in [1.29, 1.82) is 0 Å². The lowest BCUT2D eigenvalue weighted by Crippen LogP contribution is -1.95. The molecule has 0 bridgehead atoms. The molecule has 1 aromatic rings. The van der Waals surface area contributed by atoms with Crippen molar-refractivity contribution < 1.29 is 4.74 Å². The molecule has 0 aliphatic rings. The molecule has 10 heavy (non-hydrogen) atoms. The molecule has 0 saturated carbocycles. The zero-order valence-electron chi connectivity index (χ0n) is 6.16. The first-order valence-corrected chi connectivity index (χ1v) is 3.24. The van der Waals surface area contributed by atoms with Crippen LogP contribution in [0.5, 0.6) is 5.88 Å². The van der Waals surface area contributed by atoms with Crippen LogP contribution < -0.4 is 4.74 Å². The number of aromatic nitrogens is 2. The Bertz CT molecular complexity index is 213. The maximum absolute atomic E-state index is 5.11. The molecule has 0 saturated heterocycles. The molecule has 1 heterocycles. The van der Waals surface area contributed by atoms with Gasteiger partial charge in [-0.25, -0.2) is 4.98 Å². The second-order valence-corrected chi connectivity index (χ2v) is 1.93. The van der Waals surface area contributed by atoms with Gasteiger partial charge in [-0.2, -0.15) is 0 Å². The van der Waals surface area contributed by atoms with Crippen LogP contribution in [-0.2, 0) is 0 Å². The van der Waals surface area contributed by atoms with E-state index in [1.54, 1.807) is 12.4 Å². The number of nitrogens with zero attached hydrogens (tertiary/aromatic N) is 2. The van der Waals surface area contributed by atoms with E-state index in [4.69, 9.17) is 4.74 Å². The van der Waals surface area contributed by atoms with Gasteiger partial charge in [-0.3, -0.25) is 4.98 Å². The molecule has 0 amide bonds. The first-order chi connectivity index (χ1) is 4.83. The Morgan fingerprint density at radius 2 is 2.30 bits per heavy atom. The maximum Gasteiger partial charge on any atom is 0.232 e. The Kier molecular flexibility index (Phi) is 2.20. The molecule has 0 fully saturated rings. The van der Waals surface area contributed by atoms with Gasteiger partial charge < -0.3 is 4.74 Å². The Morgan fingerprint density at radius 1 is 1.50 bits per heavy atom. The fraction of sp³-hybridized carbons (Fsp3) is 0.429. The fourth-order valence-corrected chi connectivity index (χ4v) is 0.658. The summed E-state index contributed by atoms with van der Waals surface area (Å²) >= 11 is 0. The van der Waals surface area contributed by atoms with Gasteiger partial charge in [0.1, 0.15) is 0 Å². The third kappa shape index (κ3) is 1.69. The van der Waals surface area contributed by atoms with E-state index in [-0.39, 0.29) is 0 Å². The molecular weight excluding hydrogens is 128 g/mol. The highest BCUT2D eigenvalue weighted by molar-refractivity contribution is 5.06. The van der Waals surface area contributed by atoms with Crippen LogP contribution in [0.2, 0.25) is 0 Å². The lowest BCUT2D eigenvalue weighted by molar-refractivity contribution is 0.324. The average molecular weight is 138 g/mol. The van der Waals surface area contributed by atoms with Crippen LogP contribution in [-0.4, -0.2) is 16.6 Å². The van der Waals surface area contributed by atoms with Crippen molar-refractivity contribution in [3.05, 3.63) is 18.1 Å². The summed E-state index contributed by atoms with van der Waals surface area (Å²) in [5.41, 5.74) is 0.881. The van der Waals surface area contributed by atoms with Crippen molar-refractivity contribution in [2.45, 2.75) is 13.8 Å². The number of hydrogen-bond donors (Lipinski definition) is 0. The Morgan fingerprint density at radius 3 is 2.90 bits per heavy atom. The highest BCUT2D eigenvalue weighted by Crippen LogP contribution is 2.02. The van der Waals surface area contributed by atoms with Crippen LogP contribution in [0.25, 0.3) is 0 Å². The van der Waals surface area contributed by atoms with E-state index in [9.17, 15) is 0 Å². The second kappa shape index (κ2) is 3.15. The van der Waals surface area contributed by atoms with Crippen molar-refractivity contribution in [1.82, 2.24) is 9.97 Å². The molecule has 0 aliphatic carbocycles. The normalized spacial score (nSPS) is 9.40. The monoisotopic (exact) mass is 138 g/mol. The molecule has 0 aliphatic heterocycles. The minimum atomic E-state index is 0.600. The second-order valence-electron chi connectivity index (χ2n) is 1.93. The van der Waals surface area contributed by atoms with Crippen LogP contribution in [0.15, 0.2) is 12.4 Å². The predicted molar refractivity (Wildman–Crippen MR) is 37.9 cm³/mol. The van der Waals surface area contributed by atoms with Gasteiger partial charge >= 0.3 is 0 Å². The highest BCUT2D eigenvalue weighted by atomic mass is 16.5. The molecule has 0 radical (unpaired) electrons. The number of aryl methyl sites for hydroxylation is 1. The van der Waals surface area contributed by atoms with Crippen molar-refractivity contribution in [3.8, 4) is 5.88 Å². The average Bonchev–Trinajstić information content (AvgIpc) is 1.88. The predicted octanol–water partition coefficient (Wildman–Crippen LogP) is 1.18. The molecule has 0 spiro atoms. The topological polar surface area (TPSA) is 35.0 Å². The third-order valence-corrected chi connectivity index (χ3v) is 1.03. The van der Waals surface area contributed by atoms with Gasteiger partial charge in [0.25, 0.3) is 0 Å². The first-order valence-electron chi connectivity index (χ1n) is 3.24. The molecule has 3 heteroatoms. The summed E-state index contributed by atoms with van der Waals surface area (Å²) < 4.78 is 5.11. The summed E-state index contributed by atoms with van der Waals surface area (Å²) in [6.07, 6.45) is 3.30.